The van der Waals surface area contributed by atoms with E-state index < -0.39 is 0 Å². The van der Waals surface area contributed by atoms with Gasteiger partial charge >= 0.3 is 0 Å². The van der Waals surface area contributed by atoms with E-state index in [1.807, 2.05) is 49.2 Å². The molecule has 1 unspecified atom stereocenters. The Morgan fingerprint density at radius 3 is 3.00 bits per heavy atom. The summed E-state index contributed by atoms with van der Waals surface area (Å²) in [6.45, 7) is 3.28. The lowest BCUT2D eigenvalue weighted by atomic mass is 9.97. The van der Waals surface area contributed by atoms with Gasteiger partial charge in [-0.3, -0.25) is 9.48 Å². The normalized spacial score (nSPS) is 17.5. The van der Waals surface area contributed by atoms with Crippen molar-refractivity contribution in [2.45, 2.75) is 25.7 Å². The van der Waals surface area contributed by atoms with Crippen molar-refractivity contribution >= 4 is 28.0 Å². The largest absolute Gasteiger partial charge is 0.440 e. The fourth-order valence-corrected chi connectivity index (χ4v) is 4.04. The second-order valence-electron chi connectivity index (χ2n) is 7.41. The van der Waals surface area contributed by atoms with E-state index in [2.05, 4.69) is 15.1 Å². The van der Waals surface area contributed by atoms with Crippen LogP contribution in [0.4, 0.5) is 0 Å². The zero-order valence-electron chi connectivity index (χ0n) is 15.9. The minimum absolute atomic E-state index is 0.00142. The van der Waals surface area contributed by atoms with Crippen LogP contribution in [0.5, 0.6) is 0 Å². The number of hydrogen-bond acceptors (Lipinski definition) is 5. The molecule has 3 aromatic heterocycles. The lowest BCUT2D eigenvalue weighted by Crippen LogP contribution is -2.39. The topological polar surface area (TPSA) is 77.1 Å². The number of aryl methyl sites for hydroxylation is 2. The zero-order chi connectivity index (χ0) is 19.3. The Bertz CT molecular complexity index is 1160. The number of pyridine rings is 1. The molecule has 7 nitrogen and oxygen atoms in total. The molecule has 1 aliphatic rings. The summed E-state index contributed by atoms with van der Waals surface area (Å²) in [4.78, 5) is 24.1. The molecule has 4 aromatic rings. The van der Waals surface area contributed by atoms with Crippen molar-refractivity contribution in [3.63, 3.8) is 0 Å². The summed E-state index contributed by atoms with van der Waals surface area (Å²) < 4.78 is 7.68. The maximum Gasteiger partial charge on any atom is 0.255 e. The predicted octanol–water partition coefficient (Wildman–Crippen LogP) is 3.44. The molecule has 5 rings (SSSR count). The maximum absolute atomic E-state index is 13.1. The van der Waals surface area contributed by atoms with E-state index in [1.54, 1.807) is 10.9 Å². The van der Waals surface area contributed by atoms with Crippen molar-refractivity contribution in [2.24, 2.45) is 7.05 Å². The first-order valence-electron chi connectivity index (χ1n) is 9.54. The number of carbonyl (C=O) groups is 1. The van der Waals surface area contributed by atoms with Crippen LogP contribution in [0.2, 0.25) is 0 Å². The van der Waals surface area contributed by atoms with E-state index in [4.69, 9.17) is 4.42 Å². The molecule has 1 saturated heterocycles. The number of nitrogens with zero attached hydrogens (tertiary/aromatic N) is 5. The minimum Gasteiger partial charge on any atom is -0.440 e. The Hall–Kier alpha value is -3.22. The molecule has 142 valence electrons. The van der Waals surface area contributed by atoms with E-state index in [1.165, 1.54) is 0 Å². The first-order valence-corrected chi connectivity index (χ1v) is 9.54. The van der Waals surface area contributed by atoms with Gasteiger partial charge in [-0.15, -0.1) is 0 Å². The Labute approximate surface area is 162 Å². The molecule has 0 aliphatic carbocycles. The Morgan fingerprint density at radius 1 is 1.29 bits per heavy atom. The summed E-state index contributed by atoms with van der Waals surface area (Å²) in [6.07, 6.45) is 3.54. The first kappa shape index (κ1) is 16.9. The number of piperidine rings is 1. The smallest absolute Gasteiger partial charge is 0.255 e. The first-order chi connectivity index (χ1) is 13.6. The van der Waals surface area contributed by atoms with Crippen molar-refractivity contribution < 1.29 is 9.21 Å². The average molecular weight is 375 g/mol. The number of rotatable bonds is 2. The number of amides is 1. The van der Waals surface area contributed by atoms with E-state index >= 15 is 0 Å². The molecule has 0 saturated carbocycles. The number of benzene rings is 1. The number of carbonyl (C=O) groups excluding carboxylic acids is 1. The zero-order valence-corrected chi connectivity index (χ0v) is 15.9. The molecule has 1 aromatic carbocycles. The van der Waals surface area contributed by atoms with Gasteiger partial charge in [0, 0.05) is 31.7 Å². The van der Waals surface area contributed by atoms with E-state index in [0.29, 0.717) is 12.1 Å². The Balaban J connectivity index is 1.41. The third-order valence-electron chi connectivity index (χ3n) is 5.48. The van der Waals surface area contributed by atoms with Crippen molar-refractivity contribution in [3.8, 4) is 0 Å². The summed E-state index contributed by atoms with van der Waals surface area (Å²) in [6, 6.07) is 9.67. The van der Waals surface area contributed by atoms with Crippen LogP contribution in [-0.2, 0) is 7.05 Å². The summed E-state index contributed by atoms with van der Waals surface area (Å²) in [5, 5.41) is 5.30. The average Bonchev–Trinajstić information content (AvgIpc) is 3.28. The molecule has 0 bridgehead atoms. The van der Waals surface area contributed by atoms with Gasteiger partial charge in [-0.25, -0.2) is 9.97 Å². The summed E-state index contributed by atoms with van der Waals surface area (Å²) in [7, 11) is 1.86. The quantitative estimate of drug-likeness (QED) is 0.536. The van der Waals surface area contributed by atoms with Crippen LogP contribution in [0.25, 0.3) is 22.1 Å². The molecule has 1 aliphatic heterocycles. The molecule has 7 heteroatoms. The van der Waals surface area contributed by atoms with Gasteiger partial charge in [-0.2, -0.15) is 5.10 Å². The highest BCUT2D eigenvalue weighted by atomic mass is 16.3. The minimum atomic E-state index is -0.00142. The highest BCUT2D eigenvalue weighted by molar-refractivity contribution is 5.97. The SMILES string of the molecule is Cc1nn(C)c2ncc(C(=O)N3CCCC(c4nc5ccccc5o4)C3)cc12. The van der Waals surface area contributed by atoms with Crippen molar-refractivity contribution in [1.82, 2.24) is 24.6 Å². The van der Waals surface area contributed by atoms with Gasteiger partial charge in [0.25, 0.3) is 5.91 Å². The molecule has 1 fully saturated rings. The monoisotopic (exact) mass is 375 g/mol. The predicted molar refractivity (Wildman–Crippen MR) is 105 cm³/mol. The molecule has 28 heavy (non-hydrogen) atoms. The van der Waals surface area contributed by atoms with Crippen LogP contribution < -0.4 is 0 Å². The number of oxazole rings is 1. The molecule has 0 N–H and O–H groups in total. The number of likely N-dealkylation sites (tertiary alicyclic amines) is 1. The molecule has 4 heterocycles. The molecule has 1 atom stereocenters. The summed E-state index contributed by atoms with van der Waals surface area (Å²) >= 11 is 0. The Morgan fingerprint density at radius 2 is 2.14 bits per heavy atom. The van der Waals surface area contributed by atoms with Crippen LogP contribution in [0, 0.1) is 6.92 Å². The van der Waals surface area contributed by atoms with Crippen LogP contribution in [0.1, 0.15) is 40.7 Å². The number of fused-ring (bicyclic) bond motifs is 2. The molecular weight excluding hydrogens is 354 g/mol. The molecule has 0 radical (unpaired) electrons. The van der Waals surface area contributed by atoms with Gasteiger partial charge in [0.15, 0.2) is 17.1 Å². The van der Waals surface area contributed by atoms with Crippen LogP contribution >= 0.6 is 0 Å². The van der Waals surface area contributed by atoms with Gasteiger partial charge < -0.3 is 9.32 Å². The molecular formula is C21H21N5O2. The van der Waals surface area contributed by atoms with Crippen LogP contribution in [-0.4, -0.2) is 43.6 Å². The van der Waals surface area contributed by atoms with Gasteiger partial charge in [0.2, 0.25) is 0 Å². The number of aromatic nitrogens is 4. The number of para-hydroxylation sites is 2. The van der Waals surface area contributed by atoms with Crippen molar-refractivity contribution in [3.05, 3.63) is 53.7 Å². The van der Waals surface area contributed by atoms with Gasteiger partial charge in [0.05, 0.1) is 17.2 Å². The lowest BCUT2D eigenvalue weighted by molar-refractivity contribution is 0.0698. The third kappa shape index (κ3) is 2.74. The fourth-order valence-electron chi connectivity index (χ4n) is 4.04. The lowest BCUT2D eigenvalue weighted by Gasteiger charge is -2.31. The van der Waals surface area contributed by atoms with Gasteiger partial charge in [-0.1, -0.05) is 12.1 Å². The summed E-state index contributed by atoms with van der Waals surface area (Å²) in [5.74, 6) is 0.829. The van der Waals surface area contributed by atoms with E-state index in [9.17, 15) is 4.79 Å². The second kappa shape index (κ2) is 6.44. The van der Waals surface area contributed by atoms with Crippen molar-refractivity contribution in [1.29, 1.82) is 0 Å². The van der Waals surface area contributed by atoms with E-state index in [-0.39, 0.29) is 11.8 Å². The molecule has 1 amide bonds. The van der Waals surface area contributed by atoms with Crippen molar-refractivity contribution in [2.75, 3.05) is 13.1 Å². The Kier molecular flexibility index (Phi) is 3.89. The highest BCUT2D eigenvalue weighted by Crippen LogP contribution is 2.30. The summed E-state index contributed by atoms with van der Waals surface area (Å²) in [5.41, 5.74) is 3.92. The highest BCUT2D eigenvalue weighted by Gasteiger charge is 2.29. The van der Waals surface area contributed by atoms with Crippen LogP contribution in [0.3, 0.4) is 0 Å². The van der Waals surface area contributed by atoms with E-state index in [0.717, 1.165) is 53.1 Å². The second-order valence-corrected chi connectivity index (χ2v) is 7.41. The van der Waals surface area contributed by atoms with Gasteiger partial charge in [-0.05, 0) is 38.0 Å². The maximum atomic E-state index is 13.1. The standard InChI is InChI=1S/C21H21N5O2/c1-13-16-10-15(11-22-19(16)25(2)24-13)21(27)26-9-5-6-14(12-26)20-23-17-7-3-4-8-18(17)28-20/h3-4,7-8,10-11,14H,5-6,9,12H2,1-2H3. The number of hydrogen-bond donors (Lipinski definition) is 0. The molecule has 0 spiro atoms. The van der Waals surface area contributed by atoms with Gasteiger partial charge in [0.1, 0.15) is 5.52 Å². The van der Waals surface area contributed by atoms with Crippen LogP contribution in [0.15, 0.2) is 40.9 Å². The fraction of sp³-hybridized carbons (Fsp3) is 0.333. The third-order valence-corrected chi connectivity index (χ3v) is 5.48.